The van der Waals surface area contributed by atoms with Crippen LogP contribution in [0, 0.1) is 0 Å². The smallest absolute Gasteiger partial charge is 0.124 e. The van der Waals surface area contributed by atoms with E-state index in [2.05, 4.69) is 27.2 Å². The maximum absolute atomic E-state index is 6.26. The van der Waals surface area contributed by atoms with Gasteiger partial charge < -0.3 is 4.74 Å². The van der Waals surface area contributed by atoms with Crippen LogP contribution in [0.4, 0.5) is 0 Å². The Kier molecular flexibility index (Phi) is 6.06. The molecule has 0 spiro atoms. The van der Waals surface area contributed by atoms with Crippen molar-refractivity contribution in [2.45, 2.75) is 32.9 Å². The second kappa shape index (κ2) is 8.90. The summed E-state index contributed by atoms with van der Waals surface area (Å²) >= 11 is 12.5. The molecule has 0 radical (unpaired) electrons. The summed E-state index contributed by atoms with van der Waals surface area (Å²) in [6.07, 6.45) is 11.7. The molecule has 1 atom stereocenters. The number of benzene rings is 1. The van der Waals surface area contributed by atoms with Crippen molar-refractivity contribution in [1.82, 2.24) is 25.0 Å². The van der Waals surface area contributed by atoms with Gasteiger partial charge >= 0.3 is 0 Å². The Bertz CT molecular complexity index is 1180. The molecule has 4 aromatic rings. The number of ether oxygens (including phenoxy) is 1. The maximum Gasteiger partial charge on any atom is 0.124 e. The molecule has 4 rings (SSSR count). The van der Waals surface area contributed by atoms with E-state index in [-0.39, 0.29) is 6.10 Å². The highest BCUT2D eigenvalue weighted by molar-refractivity contribution is 6.35. The van der Waals surface area contributed by atoms with E-state index in [1.165, 1.54) is 0 Å². The highest BCUT2D eigenvalue weighted by atomic mass is 35.5. The second-order valence-corrected chi connectivity index (χ2v) is 7.78. The Hall–Kier alpha value is -2.83. The van der Waals surface area contributed by atoms with Gasteiger partial charge in [0.15, 0.2) is 0 Å². The quantitative estimate of drug-likeness (QED) is 0.371. The molecule has 1 aromatic carbocycles. The summed E-state index contributed by atoms with van der Waals surface area (Å²) in [5, 5.41) is 13.7. The third-order valence-electron chi connectivity index (χ3n) is 4.71. The minimum Gasteiger partial charge on any atom is -0.486 e. The molecule has 0 saturated carbocycles. The molecular formula is C22H21Cl2N5O. The predicted octanol–water partition coefficient (Wildman–Crippen LogP) is 6.18. The van der Waals surface area contributed by atoms with Crippen LogP contribution in [0.1, 0.15) is 43.2 Å². The minimum absolute atomic E-state index is 0.333. The van der Waals surface area contributed by atoms with Crippen molar-refractivity contribution in [1.29, 1.82) is 0 Å². The lowest BCUT2D eigenvalue weighted by Gasteiger charge is -2.17. The average molecular weight is 442 g/mol. The maximum atomic E-state index is 6.26. The van der Waals surface area contributed by atoms with Crippen molar-refractivity contribution >= 4 is 46.3 Å². The van der Waals surface area contributed by atoms with Gasteiger partial charge in [-0.2, -0.15) is 10.2 Å². The molecule has 0 aliphatic heterocycles. The molecule has 0 amide bonds. The molecule has 3 heterocycles. The SMILES string of the molecule is CCCn1cc(/C=C/c2n[nH]c3ccc(O[C@H](C)c4c(Cl)cncc4Cl)cc23)cn1. The first-order valence-corrected chi connectivity index (χ1v) is 10.4. The molecule has 0 aliphatic carbocycles. The molecule has 3 aromatic heterocycles. The summed E-state index contributed by atoms with van der Waals surface area (Å²) in [5.74, 6) is 0.700. The standard InChI is InChI=1S/C22H21Cl2N5O/c1-3-8-29-13-15(10-26-29)4-6-20-17-9-16(5-7-21(17)28-27-20)30-14(2)22-18(23)11-25-12-19(22)24/h4-7,9-14H,3,8H2,1-2H3,(H,27,28)/b6-4+/t14-/m1/s1. The first-order chi connectivity index (χ1) is 14.5. The van der Waals surface area contributed by atoms with Gasteiger partial charge in [-0.15, -0.1) is 0 Å². The summed E-state index contributed by atoms with van der Waals surface area (Å²) in [4.78, 5) is 3.99. The van der Waals surface area contributed by atoms with E-state index in [0.29, 0.717) is 21.4 Å². The largest absolute Gasteiger partial charge is 0.486 e. The van der Waals surface area contributed by atoms with Crippen molar-refractivity contribution in [3.63, 3.8) is 0 Å². The Morgan fingerprint density at radius 2 is 1.97 bits per heavy atom. The number of nitrogens with one attached hydrogen (secondary N) is 1. The fourth-order valence-electron chi connectivity index (χ4n) is 3.28. The van der Waals surface area contributed by atoms with Crippen molar-refractivity contribution in [3.8, 4) is 5.75 Å². The van der Waals surface area contributed by atoms with Crippen LogP contribution < -0.4 is 4.74 Å². The Balaban J connectivity index is 1.57. The van der Waals surface area contributed by atoms with E-state index in [1.807, 2.05) is 54.4 Å². The zero-order valence-electron chi connectivity index (χ0n) is 16.6. The monoisotopic (exact) mass is 441 g/mol. The third kappa shape index (κ3) is 4.35. The molecule has 0 aliphatic rings. The normalized spacial score (nSPS) is 12.7. The second-order valence-electron chi connectivity index (χ2n) is 6.96. The first-order valence-electron chi connectivity index (χ1n) is 9.69. The summed E-state index contributed by atoms with van der Waals surface area (Å²) in [5.41, 5.74) is 3.50. The predicted molar refractivity (Wildman–Crippen MR) is 121 cm³/mol. The highest BCUT2D eigenvalue weighted by Crippen LogP contribution is 2.33. The lowest BCUT2D eigenvalue weighted by Crippen LogP contribution is -2.05. The number of aromatic amines is 1. The lowest BCUT2D eigenvalue weighted by molar-refractivity contribution is 0.227. The number of hydrogen-bond acceptors (Lipinski definition) is 4. The zero-order valence-corrected chi connectivity index (χ0v) is 18.2. The summed E-state index contributed by atoms with van der Waals surface area (Å²) in [7, 11) is 0. The average Bonchev–Trinajstić information content (AvgIpc) is 3.33. The molecule has 6 nitrogen and oxygen atoms in total. The molecule has 1 N–H and O–H groups in total. The summed E-state index contributed by atoms with van der Waals surface area (Å²) in [6, 6.07) is 5.79. The zero-order chi connectivity index (χ0) is 21.1. The molecule has 0 bridgehead atoms. The van der Waals surface area contributed by atoms with E-state index < -0.39 is 0 Å². The molecule has 0 saturated heterocycles. The first kappa shape index (κ1) is 20.4. The molecular weight excluding hydrogens is 421 g/mol. The number of nitrogens with zero attached hydrogens (tertiary/aromatic N) is 4. The number of aryl methyl sites for hydroxylation is 1. The van der Waals surface area contributed by atoms with Crippen LogP contribution in [0.3, 0.4) is 0 Å². The van der Waals surface area contributed by atoms with Gasteiger partial charge in [-0.1, -0.05) is 30.1 Å². The van der Waals surface area contributed by atoms with Crippen molar-refractivity contribution in [2.24, 2.45) is 0 Å². The highest BCUT2D eigenvalue weighted by Gasteiger charge is 2.16. The number of halogens is 2. The van der Waals surface area contributed by atoms with Crippen LogP contribution in [0.2, 0.25) is 10.0 Å². The van der Waals surface area contributed by atoms with Gasteiger partial charge in [0.1, 0.15) is 11.9 Å². The van der Waals surface area contributed by atoms with E-state index in [9.17, 15) is 0 Å². The van der Waals surface area contributed by atoms with Crippen LogP contribution in [-0.2, 0) is 6.54 Å². The van der Waals surface area contributed by atoms with Gasteiger partial charge in [0.2, 0.25) is 0 Å². The minimum atomic E-state index is -0.333. The van der Waals surface area contributed by atoms with Crippen LogP contribution in [0.15, 0.2) is 43.0 Å². The lowest BCUT2D eigenvalue weighted by atomic mass is 10.1. The number of rotatable bonds is 7. The van der Waals surface area contributed by atoms with Gasteiger partial charge in [-0.05, 0) is 43.7 Å². The Labute approximate surface area is 184 Å². The number of fused-ring (bicyclic) bond motifs is 1. The number of aromatic nitrogens is 5. The van der Waals surface area contributed by atoms with Crippen LogP contribution in [0.5, 0.6) is 5.75 Å². The van der Waals surface area contributed by atoms with E-state index in [1.54, 1.807) is 12.4 Å². The van der Waals surface area contributed by atoms with Gasteiger partial charge in [0.05, 0.1) is 27.5 Å². The number of hydrogen-bond donors (Lipinski definition) is 1. The number of pyridine rings is 1. The topological polar surface area (TPSA) is 68.6 Å². The molecule has 30 heavy (non-hydrogen) atoms. The van der Waals surface area contributed by atoms with Crippen molar-refractivity contribution in [3.05, 3.63) is 69.9 Å². The van der Waals surface area contributed by atoms with Crippen molar-refractivity contribution in [2.75, 3.05) is 0 Å². The summed E-state index contributed by atoms with van der Waals surface area (Å²) < 4.78 is 8.05. The van der Waals surface area contributed by atoms with E-state index >= 15 is 0 Å². The third-order valence-corrected chi connectivity index (χ3v) is 5.32. The van der Waals surface area contributed by atoms with Crippen molar-refractivity contribution < 1.29 is 4.74 Å². The van der Waals surface area contributed by atoms with E-state index in [4.69, 9.17) is 27.9 Å². The summed E-state index contributed by atoms with van der Waals surface area (Å²) in [6.45, 7) is 4.94. The van der Waals surface area contributed by atoms with E-state index in [0.717, 1.165) is 35.1 Å². The number of H-pyrrole nitrogens is 1. The van der Waals surface area contributed by atoms with Crippen LogP contribution >= 0.6 is 23.2 Å². The molecule has 0 unspecified atom stereocenters. The fraction of sp³-hybridized carbons (Fsp3) is 0.227. The van der Waals surface area contributed by atoms with Gasteiger partial charge in [-0.25, -0.2) is 0 Å². The van der Waals surface area contributed by atoms with Gasteiger partial charge in [-0.3, -0.25) is 14.8 Å². The fourth-order valence-corrected chi connectivity index (χ4v) is 3.95. The van der Waals surface area contributed by atoms with Crippen LogP contribution in [-0.4, -0.2) is 25.0 Å². The molecule has 154 valence electrons. The van der Waals surface area contributed by atoms with Crippen LogP contribution in [0.25, 0.3) is 23.1 Å². The molecule has 0 fully saturated rings. The van der Waals surface area contributed by atoms with Gasteiger partial charge in [0.25, 0.3) is 0 Å². The van der Waals surface area contributed by atoms with Gasteiger partial charge in [0, 0.05) is 41.6 Å². The Morgan fingerprint density at radius 1 is 1.17 bits per heavy atom. The molecule has 8 heteroatoms. The Morgan fingerprint density at radius 3 is 2.73 bits per heavy atom.